The molecule has 116 valence electrons. The Morgan fingerprint density at radius 2 is 1.76 bits per heavy atom. The number of carbonyl (C=O) groups is 2. The van der Waals surface area contributed by atoms with Crippen molar-refractivity contribution in [3.8, 4) is 0 Å². The molecule has 0 aliphatic carbocycles. The molecule has 0 fully saturated rings. The topological polar surface area (TPSA) is 55.8 Å². The second-order valence-electron chi connectivity index (χ2n) is 4.63. The van der Waals surface area contributed by atoms with Crippen LogP contribution in [-0.2, 0) is 14.3 Å². The number of hydrogen-bond acceptors (Lipinski definition) is 5. The molecule has 0 radical (unpaired) electrons. The van der Waals surface area contributed by atoms with Crippen molar-refractivity contribution in [2.45, 2.75) is 19.8 Å². The summed E-state index contributed by atoms with van der Waals surface area (Å²) in [4.78, 5) is 24.9. The fraction of sp³-hybridized carbons (Fsp3) is 0.500. The third-order valence-corrected chi connectivity index (χ3v) is 3.25. The molecule has 0 unspecified atom stereocenters. The van der Waals surface area contributed by atoms with Crippen LogP contribution in [0.15, 0.2) is 24.3 Å². The minimum atomic E-state index is -0.241. The lowest BCUT2D eigenvalue weighted by Crippen LogP contribution is -2.29. The van der Waals surface area contributed by atoms with Crippen LogP contribution < -0.4 is 4.90 Å². The molecule has 0 aliphatic heterocycles. The molecule has 1 aromatic carbocycles. The maximum absolute atomic E-state index is 11.6. The predicted molar refractivity (Wildman–Crippen MR) is 81.8 cm³/mol. The van der Waals surface area contributed by atoms with Gasteiger partial charge in [0.05, 0.1) is 20.1 Å². The van der Waals surface area contributed by atoms with Crippen molar-refractivity contribution in [3.05, 3.63) is 29.8 Å². The number of nitrogens with zero attached hydrogens (tertiary/aromatic N) is 1. The number of benzene rings is 1. The van der Waals surface area contributed by atoms with Gasteiger partial charge in [-0.25, -0.2) is 0 Å². The Labute approximate surface area is 125 Å². The molecule has 0 spiro atoms. The van der Waals surface area contributed by atoms with E-state index >= 15 is 0 Å². The molecule has 0 bridgehead atoms. The minimum absolute atomic E-state index is 0.125. The van der Waals surface area contributed by atoms with Crippen LogP contribution >= 0.6 is 0 Å². The van der Waals surface area contributed by atoms with Crippen molar-refractivity contribution in [2.75, 3.05) is 38.8 Å². The molecule has 0 heterocycles. The molecular formula is C16H23NO4. The molecule has 5 nitrogen and oxygen atoms in total. The van der Waals surface area contributed by atoms with Crippen LogP contribution in [0.2, 0.25) is 0 Å². The van der Waals surface area contributed by atoms with Gasteiger partial charge < -0.3 is 14.4 Å². The molecule has 0 aliphatic rings. The molecule has 1 rings (SSSR count). The Kier molecular flexibility index (Phi) is 7.46. The fourth-order valence-corrected chi connectivity index (χ4v) is 1.96. The number of esters is 1. The molecule has 5 heteroatoms. The highest BCUT2D eigenvalue weighted by atomic mass is 16.5. The van der Waals surface area contributed by atoms with Gasteiger partial charge in [0.15, 0.2) is 5.78 Å². The number of methoxy groups -OCH3 is 2. The van der Waals surface area contributed by atoms with Crippen LogP contribution in [0.4, 0.5) is 5.69 Å². The molecule has 0 aromatic heterocycles. The summed E-state index contributed by atoms with van der Waals surface area (Å²) in [5.41, 5.74) is 1.67. The summed E-state index contributed by atoms with van der Waals surface area (Å²) < 4.78 is 9.76. The summed E-state index contributed by atoms with van der Waals surface area (Å²) in [5, 5.41) is 0. The molecule has 0 N–H and O–H groups in total. The first-order valence-corrected chi connectivity index (χ1v) is 7.06. The molecule has 0 atom stereocenters. The third kappa shape index (κ3) is 5.55. The van der Waals surface area contributed by atoms with E-state index < -0.39 is 0 Å². The van der Waals surface area contributed by atoms with Crippen LogP contribution in [0, 0.1) is 0 Å². The molecule has 21 heavy (non-hydrogen) atoms. The first kappa shape index (κ1) is 17.2. The second-order valence-corrected chi connectivity index (χ2v) is 4.63. The Hall–Kier alpha value is -1.88. The lowest BCUT2D eigenvalue weighted by molar-refractivity contribution is -0.140. The van der Waals surface area contributed by atoms with Crippen molar-refractivity contribution < 1.29 is 19.1 Å². The highest BCUT2D eigenvalue weighted by Gasteiger charge is 2.10. The highest BCUT2D eigenvalue weighted by molar-refractivity contribution is 5.96. The van der Waals surface area contributed by atoms with Crippen LogP contribution in [0.1, 0.15) is 30.1 Å². The largest absolute Gasteiger partial charge is 0.469 e. The monoisotopic (exact) mass is 293 g/mol. The molecule has 0 amide bonds. The van der Waals surface area contributed by atoms with Crippen molar-refractivity contribution in [1.29, 1.82) is 0 Å². The van der Waals surface area contributed by atoms with Gasteiger partial charge in [0, 0.05) is 37.9 Å². The third-order valence-electron chi connectivity index (χ3n) is 3.25. The van der Waals surface area contributed by atoms with E-state index in [0.717, 1.165) is 5.69 Å². The Morgan fingerprint density at radius 1 is 1.10 bits per heavy atom. The summed E-state index contributed by atoms with van der Waals surface area (Å²) in [6.45, 7) is 3.64. The number of carbonyl (C=O) groups excluding carboxylic acids is 2. The minimum Gasteiger partial charge on any atom is -0.469 e. The first-order valence-electron chi connectivity index (χ1n) is 7.06. The Balaban J connectivity index is 2.76. The first-order chi connectivity index (χ1) is 10.1. The van der Waals surface area contributed by atoms with Gasteiger partial charge >= 0.3 is 5.97 Å². The standard InChI is InChI=1S/C16H23NO4/c1-4-15(18)13-5-7-14(8-6-13)17(11-12-20-2)10-9-16(19)21-3/h5-8H,4,9-12H2,1-3H3. The number of anilines is 1. The van der Waals surface area contributed by atoms with Crippen LogP contribution in [0.5, 0.6) is 0 Å². The van der Waals surface area contributed by atoms with Crippen LogP contribution in [0.25, 0.3) is 0 Å². The van der Waals surface area contributed by atoms with Crippen LogP contribution in [-0.4, -0.2) is 45.7 Å². The van der Waals surface area contributed by atoms with Gasteiger partial charge in [0.25, 0.3) is 0 Å². The zero-order valence-corrected chi connectivity index (χ0v) is 12.9. The van der Waals surface area contributed by atoms with Gasteiger partial charge in [-0.1, -0.05) is 6.92 Å². The quantitative estimate of drug-likeness (QED) is 0.516. The lowest BCUT2D eigenvalue weighted by Gasteiger charge is -2.24. The Bertz CT molecular complexity index is 456. The van der Waals surface area contributed by atoms with E-state index in [-0.39, 0.29) is 11.8 Å². The van der Waals surface area contributed by atoms with Crippen molar-refractivity contribution >= 4 is 17.4 Å². The summed E-state index contributed by atoms with van der Waals surface area (Å²) in [6, 6.07) is 7.43. The van der Waals surface area contributed by atoms with Gasteiger partial charge in [-0.15, -0.1) is 0 Å². The van der Waals surface area contributed by atoms with E-state index in [1.165, 1.54) is 7.11 Å². The van der Waals surface area contributed by atoms with Gasteiger partial charge in [-0.05, 0) is 24.3 Å². The number of rotatable bonds is 9. The van der Waals surface area contributed by atoms with E-state index in [9.17, 15) is 9.59 Å². The van der Waals surface area contributed by atoms with E-state index in [1.54, 1.807) is 7.11 Å². The van der Waals surface area contributed by atoms with Crippen LogP contribution in [0.3, 0.4) is 0 Å². The zero-order chi connectivity index (χ0) is 15.7. The van der Waals surface area contributed by atoms with Crippen molar-refractivity contribution in [1.82, 2.24) is 0 Å². The fourth-order valence-electron chi connectivity index (χ4n) is 1.96. The normalized spacial score (nSPS) is 10.2. The Morgan fingerprint density at radius 3 is 2.29 bits per heavy atom. The smallest absolute Gasteiger partial charge is 0.307 e. The molecule has 1 aromatic rings. The maximum Gasteiger partial charge on any atom is 0.307 e. The summed E-state index contributed by atoms with van der Waals surface area (Å²) in [7, 11) is 3.02. The van der Waals surface area contributed by atoms with Crippen molar-refractivity contribution in [2.24, 2.45) is 0 Å². The van der Waals surface area contributed by atoms with Gasteiger partial charge in [-0.2, -0.15) is 0 Å². The summed E-state index contributed by atoms with van der Waals surface area (Å²) >= 11 is 0. The van der Waals surface area contributed by atoms with Gasteiger partial charge in [-0.3, -0.25) is 9.59 Å². The average Bonchev–Trinajstić information content (AvgIpc) is 2.54. The van der Waals surface area contributed by atoms with Gasteiger partial charge in [0.2, 0.25) is 0 Å². The van der Waals surface area contributed by atoms with E-state index in [2.05, 4.69) is 4.74 Å². The number of Topliss-reactive ketones (excluding diaryl/α,β-unsaturated/α-hetero) is 1. The highest BCUT2D eigenvalue weighted by Crippen LogP contribution is 2.16. The second kappa shape index (κ2) is 9.13. The van der Waals surface area contributed by atoms with E-state index in [0.29, 0.717) is 38.1 Å². The summed E-state index contributed by atoms with van der Waals surface area (Å²) in [5.74, 6) is -0.116. The SMILES string of the molecule is CCC(=O)c1ccc(N(CCOC)CCC(=O)OC)cc1. The maximum atomic E-state index is 11.6. The lowest BCUT2D eigenvalue weighted by atomic mass is 10.1. The number of ether oxygens (including phenoxy) is 2. The predicted octanol–water partition coefficient (Wildman–Crippen LogP) is 2.30. The molecule has 0 saturated carbocycles. The van der Waals surface area contributed by atoms with Crippen molar-refractivity contribution in [3.63, 3.8) is 0 Å². The van der Waals surface area contributed by atoms with Gasteiger partial charge in [0.1, 0.15) is 0 Å². The molecule has 0 saturated heterocycles. The van der Waals surface area contributed by atoms with E-state index in [4.69, 9.17) is 4.74 Å². The number of ketones is 1. The summed E-state index contributed by atoms with van der Waals surface area (Å²) in [6.07, 6.45) is 0.810. The van der Waals surface area contributed by atoms with E-state index in [1.807, 2.05) is 36.1 Å². The average molecular weight is 293 g/mol. The molecular weight excluding hydrogens is 270 g/mol. The number of hydrogen-bond donors (Lipinski definition) is 0. The zero-order valence-electron chi connectivity index (χ0n) is 12.9.